The SMILES string of the molecule is CN=C(NC1CCCN(c2ncccn2)C1)NC1C2CCOC2C12CCCC2.I. The zero-order valence-electron chi connectivity index (χ0n) is 17.2. The second-order valence-corrected chi connectivity index (χ2v) is 8.86. The Morgan fingerprint density at radius 1 is 1.17 bits per heavy atom. The minimum atomic E-state index is 0. The lowest BCUT2D eigenvalue weighted by Crippen LogP contribution is -2.69. The first-order chi connectivity index (χ1) is 13.8. The Bertz CT molecular complexity index is 710. The van der Waals surface area contributed by atoms with E-state index in [4.69, 9.17) is 4.74 Å². The van der Waals surface area contributed by atoms with Gasteiger partial charge in [-0.25, -0.2) is 9.97 Å². The van der Waals surface area contributed by atoms with E-state index in [2.05, 4.69) is 30.5 Å². The van der Waals surface area contributed by atoms with Crippen molar-refractivity contribution in [2.45, 2.75) is 63.1 Å². The molecular weight excluding hydrogens is 479 g/mol. The van der Waals surface area contributed by atoms with E-state index in [1.807, 2.05) is 25.5 Å². The topological polar surface area (TPSA) is 74.7 Å². The zero-order chi connectivity index (χ0) is 19.0. The summed E-state index contributed by atoms with van der Waals surface area (Å²) in [6, 6.07) is 2.73. The largest absolute Gasteiger partial charge is 0.377 e. The highest BCUT2D eigenvalue weighted by atomic mass is 127. The van der Waals surface area contributed by atoms with Crippen molar-refractivity contribution in [1.29, 1.82) is 0 Å². The molecule has 8 heteroatoms. The van der Waals surface area contributed by atoms with Gasteiger partial charge in [0.1, 0.15) is 0 Å². The number of aliphatic imine (C=N–C) groups is 1. The fourth-order valence-corrected chi connectivity index (χ4v) is 6.15. The molecule has 1 aromatic rings. The van der Waals surface area contributed by atoms with Crippen LogP contribution < -0.4 is 15.5 Å². The maximum atomic E-state index is 6.13. The first-order valence-corrected chi connectivity index (χ1v) is 10.9. The van der Waals surface area contributed by atoms with Crippen molar-refractivity contribution < 1.29 is 4.74 Å². The number of guanidine groups is 1. The highest BCUT2D eigenvalue weighted by Crippen LogP contribution is 2.60. The Labute approximate surface area is 190 Å². The number of anilines is 1. The molecule has 5 rings (SSSR count). The van der Waals surface area contributed by atoms with Crippen molar-refractivity contribution >= 4 is 35.9 Å². The molecule has 2 saturated heterocycles. The van der Waals surface area contributed by atoms with E-state index in [9.17, 15) is 0 Å². The highest BCUT2D eigenvalue weighted by Gasteiger charge is 2.65. The van der Waals surface area contributed by atoms with E-state index in [0.717, 1.165) is 44.4 Å². The van der Waals surface area contributed by atoms with Gasteiger partial charge in [0.25, 0.3) is 0 Å². The molecule has 2 N–H and O–H groups in total. The summed E-state index contributed by atoms with van der Waals surface area (Å²) in [5.41, 5.74) is 0.343. The van der Waals surface area contributed by atoms with Crippen LogP contribution in [0.3, 0.4) is 0 Å². The maximum absolute atomic E-state index is 6.13. The Morgan fingerprint density at radius 3 is 2.72 bits per heavy atom. The fraction of sp³-hybridized carbons (Fsp3) is 0.762. The second-order valence-electron chi connectivity index (χ2n) is 8.86. The molecule has 0 radical (unpaired) electrons. The van der Waals surface area contributed by atoms with Gasteiger partial charge in [0, 0.05) is 62.6 Å². The zero-order valence-corrected chi connectivity index (χ0v) is 19.5. The number of nitrogens with zero attached hydrogens (tertiary/aromatic N) is 4. The summed E-state index contributed by atoms with van der Waals surface area (Å²) in [6.45, 7) is 2.85. The predicted octanol–water partition coefficient (Wildman–Crippen LogP) is 2.58. The second kappa shape index (κ2) is 8.91. The molecule has 1 spiro atoms. The van der Waals surface area contributed by atoms with Gasteiger partial charge in [-0.3, -0.25) is 4.99 Å². The summed E-state index contributed by atoms with van der Waals surface area (Å²) in [4.78, 5) is 15.7. The summed E-state index contributed by atoms with van der Waals surface area (Å²) in [6.07, 6.45) is 12.9. The minimum Gasteiger partial charge on any atom is -0.377 e. The third-order valence-corrected chi connectivity index (χ3v) is 7.40. The van der Waals surface area contributed by atoms with E-state index < -0.39 is 0 Å². The van der Waals surface area contributed by atoms with Gasteiger partial charge < -0.3 is 20.3 Å². The molecule has 4 aliphatic rings. The Kier molecular flexibility index (Phi) is 6.48. The average Bonchev–Trinajstić information content (AvgIpc) is 3.41. The molecule has 2 aliphatic carbocycles. The van der Waals surface area contributed by atoms with Gasteiger partial charge in [-0.2, -0.15) is 0 Å². The summed E-state index contributed by atoms with van der Waals surface area (Å²) in [5.74, 6) is 2.42. The number of ether oxygens (including phenoxy) is 1. The summed E-state index contributed by atoms with van der Waals surface area (Å²) in [7, 11) is 1.89. The molecule has 0 bridgehead atoms. The third kappa shape index (κ3) is 3.82. The van der Waals surface area contributed by atoms with Gasteiger partial charge in [0.05, 0.1) is 6.10 Å². The van der Waals surface area contributed by atoms with Gasteiger partial charge in [0.15, 0.2) is 5.96 Å². The normalized spacial score (nSPS) is 33.0. The Hall–Kier alpha value is -1.16. The number of halogens is 1. The van der Waals surface area contributed by atoms with Crippen LogP contribution in [0.2, 0.25) is 0 Å². The molecule has 7 nitrogen and oxygen atoms in total. The molecule has 4 unspecified atom stereocenters. The van der Waals surface area contributed by atoms with Crippen molar-refractivity contribution in [2.75, 3.05) is 31.6 Å². The summed E-state index contributed by atoms with van der Waals surface area (Å²) >= 11 is 0. The van der Waals surface area contributed by atoms with Crippen LogP contribution in [0.1, 0.15) is 44.9 Å². The lowest BCUT2D eigenvalue weighted by molar-refractivity contribution is -0.125. The van der Waals surface area contributed by atoms with E-state index in [0.29, 0.717) is 29.5 Å². The molecule has 1 aromatic heterocycles. The van der Waals surface area contributed by atoms with Crippen LogP contribution in [0.5, 0.6) is 0 Å². The molecular formula is C21H33IN6O. The monoisotopic (exact) mass is 512 g/mol. The van der Waals surface area contributed by atoms with Crippen LogP contribution in [-0.2, 0) is 4.74 Å². The molecule has 4 fully saturated rings. The minimum absolute atomic E-state index is 0. The van der Waals surface area contributed by atoms with E-state index in [1.165, 1.54) is 32.1 Å². The van der Waals surface area contributed by atoms with E-state index in [1.54, 1.807) is 0 Å². The van der Waals surface area contributed by atoms with Crippen molar-refractivity contribution in [3.05, 3.63) is 18.5 Å². The molecule has 4 atom stereocenters. The number of hydrogen-bond donors (Lipinski definition) is 2. The average molecular weight is 512 g/mol. The van der Waals surface area contributed by atoms with Crippen LogP contribution in [0, 0.1) is 11.3 Å². The van der Waals surface area contributed by atoms with Gasteiger partial charge >= 0.3 is 0 Å². The molecule has 0 amide bonds. The lowest BCUT2D eigenvalue weighted by atomic mass is 9.54. The summed E-state index contributed by atoms with van der Waals surface area (Å²) in [5, 5.41) is 7.51. The van der Waals surface area contributed by atoms with Crippen molar-refractivity contribution in [3.63, 3.8) is 0 Å². The van der Waals surface area contributed by atoms with Crippen LogP contribution in [0.25, 0.3) is 0 Å². The standard InChI is InChI=1S/C21H32N6O.HI/c1-22-19(25-15-6-4-12-27(14-15)20-23-10-5-11-24-20)26-17-16-7-13-28-18(16)21(17)8-2-3-9-21;/h5,10-11,15-18H,2-4,6-9,12-14H2,1H3,(H2,22,25,26);1H. The molecule has 2 saturated carbocycles. The van der Waals surface area contributed by atoms with Crippen LogP contribution in [-0.4, -0.2) is 60.9 Å². The lowest BCUT2D eigenvalue weighted by Gasteiger charge is -2.57. The quantitative estimate of drug-likeness (QED) is 0.369. The number of piperidine rings is 1. The maximum Gasteiger partial charge on any atom is 0.225 e. The summed E-state index contributed by atoms with van der Waals surface area (Å²) < 4.78 is 6.13. The molecule has 3 heterocycles. The van der Waals surface area contributed by atoms with Crippen molar-refractivity contribution in [1.82, 2.24) is 20.6 Å². The molecule has 0 aromatic carbocycles. The Morgan fingerprint density at radius 2 is 1.97 bits per heavy atom. The van der Waals surface area contributed by atoms with E-state index in [-0.39, 0.29) is 24.0 Å². The van der Waals surface area contributed by atoms with Crippen LogP contribution in [0.15, 0.2) is 23.5 Å². The number of hydrogen-bond acceptors (Lipinski definition) is 5. The van der Waals surface area contributed by atoms with Crippen LogP contribution in [0.4, 0.5) is 5.95 Å². The third-order valence-electron chi connectivity index (χ3n) is 7.40. The van der Waals surface area contributed by atoms with Gasteiger partial charge in [-0.1, -0.05) is 12.8 Å². The molecule has 29 heavy (non-hydrogen) atoms. The number of aromatic nitrogens is 2. The van der Waals surface area contributed by atoms with Gasteiger partial charge in [-0.15, -0.1) is 24.0 Å². The first kappa shape index (κ1) is 21.1. The molecule has 2 aliphatic heterocycles. The van der Waals surface area contributed by atoms with Gasteiger partial charge in [-0.05, 0) is 38.2 Å². The number of nitrogens with one attached hydrogen (secondary N) is 2. The smallest absolute Gasteiger partial charge is 0.225 e. The highest BCUT2D eigenvalue weighted by molar-refractivity contribution is 14.0. The van der Waals surface area contributed by atoms with E-state index >= 15 is 0 Å². The number of rotatable bonds is 3. The van der Waals surface area contributed by atoms with Gasteiger partial charge in [0.2, 0.25) is 5.95 Å². The molecule has 160 valence electrons. The van der Waals surface area contributed by atoms with Crippen molar-refractivity contribution in [3.8, 4) is 0 Å². The fourth-order valence-electron chi connectivity index (χ4n) is 6.15. The van der Waals surface area contributed by atoms with Crippen LogP contribution >= 0.6 is 24.0 Å². The van der Waals surface area contributed by atoms with Crippen molar-refractivity contribution in [2.24, 2.45) is 16.3 Å². The number of fused-ring (bicyclic) bond motifs is 2. The predicted molar refractivity (Wildman–Crippen MR) is 125 cm³/mol. The Balaban J connectivity index is 0.00000205. The first-order valence-electron chi connectivity index (χ1n) is 10.9.